The summed E-state index contributed by atoms with van der Waals surface area (Å²) in [5, 5.41) is 4.78. The number of aromatic amines is 1. The van der Waals surface area contributed by atoms with Gasteiger partial charge in [-0.15, -0.1) is 0 Å². The lowest BCUT2D eigenvalue weighted by Crippen LogP contribution is -2.37. The Morgan fingerprint density at radius 2 is 2.00 bits per heavy atom. The maximum absolute atomic E-state index is 12.9. The number of pyridine rings is 1. The van der Waals surface area contributed by atoms with Gasteiger partial charge >= 0.3 is 0 Å². The normalized spacial score (nSPS) is 16.7. The predicted molar refractivity (Wildman–Crippen MR) is 98.4 cm³/mol. The molecule has 0 saturated carbocycles. The van der Waals surface area contributed by atoms with Crippen LogP contribution in [0.15, 0.2) is 43.0 Å². The number of rotatable bonds is 3. The van der Waals surface area contributed by atoms with E-state index in [1.54, 1.807) is 6.33 Å². The van der Waals surface area contributed by atoms with E-state index in [1.807, 2.05) is 40.6 Å². The molecule has 9 heteroatoms. The molecule has 0 spiro atoms. The minimum Gasteiger partial charge on any atom is -0.348 e. The lowest BCUT2D eigenvalue weighted by atomic mass is 10.0. The third-order valence-corrected chi connectivity index (χ3v) is 5.07. The quantitative estimate of drug-likeness (QED) is 0.590. The molecule has 0 saturated heterocycles. The van der Waals surface area contributed by atoms with Crippen molar-refractivity contribution in [2.45, 2.75) is 25.8 Å². The Kier molecular flexibility index (Phi) is 3.81. The fourth-order valence-electron chi connectivity index (χ4n) is 3.69. The number of nitrogens with one attached hydrogen (secondary N) is 1. The third kappa shape index (κ3) is 2.62. The zero-order valence-electron chi connectivity index (χ0n) is 15.0. The lowest BCUT2D eigenvalue weighted by molar-refractivity contribution is 0.150. The molecule has 0 aliphatic carbocycles. The van der Waals surface area contributed by atoms with Gasteiger partial charge in [-0.3, -0.25) is 0 Å². The molecule has 1 N–H and O–H groups in total. The Morgan fingerprint density at radius 1 is 1.18 bits per heavy atom. The molecular formula is C19H17F2N7. The topological polar surface area (TPSA) is 75.0 Å². The molecule has 4 aromatic heterocycles. The molecule has 7 nitrogen and oxygen atoms in total. The van der Waals surface area contributed by atoms with E-state index >= 15 is 0 Å². The summed E-state index contributed by atoms with van der Waals surface area (Å²) < 4.78 is 27.6. The molecular weight excluding hydrogens is 364 g/mol. The molecule has 0 aromatic carbocycles. The van der Waals surface area contributed by atoms with Gasteiger partial charge in [-0.05, 0) is 25.1 Å². The van der Waals surface area contributed by atoms with E-state index in [0.717, 1.165) is 34.7 Å². The molecule has 5 rings (SSSR count). The van der Waals surface area contributed by atoms with Crippen LogP contribution in [0.1, 0.15) is 40.8 Å². The Bertz CT molecular complexity index is 1130. The number of H-pyrrole nitrogens is 1. The molecule has 5 heterocycles. The van der Waals surface area contributed by atoms with Crippen LogP contribution in [0, 0.1) is 6.92 Å². The summed E-state index contributed by atoms with van der Waals surface area (Å²) in [5.74, 6) is 0.386. The number of imidazole rings is 1. The van der Waals surface area contributed by atoms with Crippen LogP contribution in [0.4, 0.5) is 14.7 Å². The average Bonchev–Trinajstić information content (AvgIpc) is 3.34. The highest BCUT2D eigenvalue weighted by Crippen LogP contribution is 2.35. The van der Waals surface area contributed by atoms with Gasteiger partial charge in [0.2, 0.25) is 5.95 Å². The van der Waals surface area contributed by atoms with Gasteiger partial charge in [0.1, 0.15) is 6.04 Å². The minimum atomic E-state index is -2.59. The number of aromatic nitrogens is 6. The van der Waals surface area contributed by atoms with Crippen molar-refractivity contribution >= 4 is 11.5 Å². The summed E-state index contributed by atoms with van der Waals surface area (Å²) >= 11 is 0. The Hall–Kier alpha value is -3.36. The first-order valence-electron chi connectivity index (χ1n) is 8.96. The maximum Gasteiger partial charge on any atom is 0.266 e. The Labute approximate surface area is 159 Å². The van der Waals surface area contributed by atoms with Gasteiger partial charge in [0.15, 0.2) is 0 Å². The lowest BCUT2D eigenvalue weighted by Gasteiger charge is -2.33. The van der Waals surface area contributed by atoms with Gasteiger partial charge in [0.05, 0.1) is 28.8 Å². The largest absolute Gasteiger partial charge is 0.348 e. The first kappa shape index (κ1) is 16.8. The van der Waals surface area contributed by atoms with E-state index in [9.17, 15) is 8.78 Å². The van der Waals surface area contributed by atoms with Gasteiger partial charge in [0, 0.05) is 36.7 Å². The van der Waals surface area contributed by atoms with Crippen LogP contribution in [-0.4, -0.2) is 36.1 Å². The summed E-state index contributed by atoms with van der Waals surface area (Å²) in [7, 11) is 0. The maximum atomic E-state index is 12.9. The van der Waals surface area contributed by atoms with Crippen molar-refractivity contribution in [3.8, 4) is 0 Å². The number of aryl methyl sites for hydroxylation is 1. The Morgan fingerprint density at radius 3 is 2.75 bits per heavy atom. The van der Waals surface area contributed by atoms with Gasteiger partial charge in [-0.2, -0.15) is 5.10 Å². The zero-order valence-corrected chi connectivity index (χ0v) is 15.0. The van der Waals surface area contributed by atoms with Gasteiger partial charge in [0.25, 0.3) is 6.43 Å². The van der Waals surface area contributed by atoms with Gasteiger partial charge in [-0.1, -0.05) is 6.07 Å². The molecule has 0 unspecified atom stereocenters. The van der Waals surface area contributed by atoms with Crippen molar-refractivity contribution in [2.24, 2.45) is 0 Å². The van der Waals surface area contributed by atoms with Crippen molar-refractivity contribution < 1.29 is 8.78 Å². The number of fused-ring (bicyclic) bond motifs is 2. The smallest absolute Gasteiger partial charge is 0.266 e. The van der Waals surface area contributed by atoms with Crippen LogP contribution < -0.4 is 4.90 Å². The van der Waals surface area contributed by atoms with Crippen molar-refractivity contribution in [3.05, 3.63) is 71.3 Å². The standard InChI is InChI=1S/C19H17F2N7/c1-11-3-2-4-13-7-15(26-28(11)13)17-16-14(24-10-25-16)5-6-27(17)19-22-8-12(9-23-19)18(20)21/h2-4,7-10,17-18H,5-6H2,1H3,(H,24,25)/t17-/m0/s1. The number of hydrogen-bond donors (Lipinski definition) is 1. The molecule has 0 amide bonds. The van der Waals surface area contributed by atoms with Crippen LogP contribution >= 0.6 is 0 Å². The number of nitrogens with zero attached hydrogens (tertiary/aromatic N) is 6. The molecule has 0 bridgehead atoms. The SMILES string of the molecule is Cc1cccc2cc([C@H]3c4nc[nH]c4CCN3c3ncc(C(F)F)cn3)nn12. The van der Waals surface area contributed by atoms with Crippen molar-refractivity contribution in [3.63, 3.8) is 0 Å². The highest BCUT2D eigenvalue weighted by Gasteiger charge is 2.34. The van der Waals surface area contributed by atoms with Crippen molar-refractivity contribution in [1.82, 2.24) is 29.5 Å². The number of hydrogen-bond acceptors (Lipinski definition) is 5. The van der Waals surface area contributed by atoms with Crippen LogP contribution in [0.5, 0.6) is 0 Å². The molecule has 1 aliphatic heterocycles. The van der Waals surface area contributed by atoms with E-state index < -0.39 is 6.43 Å². The van der Waals surface area contributed by atoms with Crippen LogP contribution in [-0.2, 0) is 6.42 Å². The minimum absolute atomic E-state index is 0.193. The molecule has 28 heavy (non-hydrogen) atoms. The summed E-state index contributed by atoms with van der Waals surface area (Å²) in [5.41, 5.74) is 4.51. The fourth-order valence-corrected chi connectivity index (χ4v) is 3.69. The van der Waals surface area contributed by atoms with Crippen molar-refractivity contribution in [2.75, 3.05) is 11.4 Å². The average molecular weight is 381 g/mol. The third-order valence-electron chi connectivity index (χ3n) is 5.07. The summed E-state index contributed by atoms with van der Waals surface area (Å²) in [6, 6.07) is 7.69. The van der Waals surface area contributed by atoms with E-state index in [2.05, 4.69) is 19.9 Å². The second-order valence-corrected chi connectivity index (χ2v) is 6.80. The van der Waals surface area contributed by atoms with E-state index in [1.165, 1.54) is 12.4 Å². The second-order valence-electron chi connectivity index (χ2n) is 6.80. The fraction of sp³-hybridized carbons (Fsp3) is 0.263. The zero-order chi connectivity index (χ0) is 19.3. The van der Waals surface area contributed by atoms with E-state index in [-0.39, 0.29) is 11.6 Å². The van der Waals surface area contributed by atoms with Gasteiger partial charge in [-0.25, -0.2) is 28.2 Å². The molecule has 0 radical (unpaired) electrons. The van der Waals surface area contributed by atoms with Gasteiger partial charge < -0.3 is 9.88 Å². The van der Waals surface area contributed by atoms with E-state index in [0.29, 0.717) is 12.5 Å². The van der Waals surface area contributed by atoms with Crippen LogP contribution in [0.3, 0.4) is 0 Å². The molecule has 142 valence electrons. The van der Waals surface area contributed by atoms with Crippen molar-refractivity contribution in [1.29, 1.82) is 0 Å². The predicted octanol–water partition coefficient (Wildman–Crippen LogP) is 3.25. The first-order valence-corrected chi connectivity index (χ1v) is 8.96. The highest BCUT2D eigenvalue weighted by molar-refractivity contribution is 5.53. The number of halogens is 2. The molecule has 4 aromatic rings. The second kappa shape index (κ2) is 6.36. The van der Waals surface area contributed by atoms with Crippen LogP contribution in [0.25, 0.3) is 5.52 Å². The molecule has 1 aliphatic rings. The Balaban J connectivity index is 1.63. The number of alkyl halides is 2. The first-order chi connectivity index (χ1) is 13.6. The number of anilines is 1. The summed E-state index contributed by atoms with van der Waals surface area (Å²) in [6.07, 6.45) is 2.17. The highest BCUT2D eigenvalue weighted by atomic mass is 19.3. The summed E-state index contributed by atoms with van der Waals surface area (Å²) in [4.78, 5) is 18.0. The molecule has 0 fully saturated rings. The monoisotopic (exact) mass is 381 g/mol. The molecule has 1 atom stereocenters. The summed E-state index contributed by atoms with van der Waals surface area (Å²) in [6.45, 7) is 2.62. The van der Waals surface area contributed by atoms with Crippen LogP contribution in [0.2, 0.25) is 0 Å². The van der Waals surface area contributed by atoms with E-state index in [4.69, 9.17) is 5.10 Å².